The van der Waals surface area contributed by atoms with Crippen molar-refractivity contribution in [2.45, 2.75) is 38.8 Å². The molecule has 0 bridgehead atoms. The first kappa shape index (κ1) is 10.4. The molecular weight excluding hydrogens is 192 g/mol. The van der Waals surface area contributed by atoms with E-state index in [2.05, 4.69) is 4.98 Å². The van der Waals surface area contributed by atoms with Gasteiger partial charge < -0.3 is 4.74 Å². The molecule has 1 saturated heterocycles. The third kappa shape index (κ3) is 2.45. The van der Waals surface area contributed by atoms with Gasteiger partial charge in [0.2, 0.25) is 0 Å². The number of aromatic nitrogens is 2. The molecule has 0 spiro atoms. The van der Waals surface area contributed by atoms with Gasteiger partial charge in [0.1, 0.15) is 0 Å². The van der Waals surface area contributed by atoms with Crippen LogP contribution in [0.15, 0.2) is 17.3 Å². The minimum Gasteiger partial charge on any atom is -0.376 e. The first-order valence-corrected chi connectivity index (χ1v) is 5.40. The molecule has 4 heteroatoms. The quantitative estimate of drug-likeness (QED) is 0.731. The third-order valence-corrected chi connectivity index (χ3v) is 2.75. The molecule has 1 atom stereocenters. The van der Waals surface area contributed by atoms with Gasteiger partial charge in [-0.2, -0.15) is 0 Å². The molecule has 15 heavy (non-hydrogen) atoms. The molecule has 1 unspecified atom stereocenters. The largest absolute Gasteiger partial charge is 0.376 e. The van der Waals surface area contributed by atoms with Crippen LogP contribution in [0.25, 0.3) is 0 Å². The second kappa shape index (κ2) is 4.57. The van der Waals surface area contributed by atoms with Crippen molar-refractivity contribution in [1.82, 2.24) is 9.55 Å². The fraction of sp³-hybridized carbons (Fsp3) is 0.636. The molecule has 82 valence electrons. The first-order valence-electron chi connectivity index (χ1n) is 5.40. The van der Waals surface area contributed by atoms with E-state index in [1.165, 1.54) is 6.42 Å². The fourth-order valence-corrected chi connectivity index (χ4v) is 1.86. The summed E-state index contributed by atoms with van der Waals surface area (Å²) in [6.45, 7) is 3.24. The summed E-state index contributed by atoms with van der Waals surface area (Å²) in [6, 6.07) is 0. The lowest BCUT2D eigenvalue weighted by Crippen LogP contribution is -2.31. The summed E-state index contributed by atoms with van der Waals surface area (Å²) in [6.07, 6.45) is 6.74. The predicted molar refractivity (Wildman–Crippen MR) is 56.8 cm³/mol. The molecule has 0 N–H and O–H groups in total. The Hall–Kier alpha value is -1.16. The SMILES string of the molecule is Cc1cncn(CC2CCCCO2)c1=O. The van der Waals surface area contributed by atoms with E-state index in [0.29, 0.717) is 12.1 Å². The normalized spacial score (nSPS) is 21.5. The van der Waals surface area contributed by atoms with Crippen LogP contribution in [0.2, 0.25) is 0 Å². The van der Waals surface area contributed by atoms with Gasteiger partial charge in [0.15, 0.2) is 0 Å². The number of hydrogen-bond acceptors (Lipinski definition) is 3. The summed E-state index contributed by atoms with van der Waals surface area (Å²) in [4.78, 5) is 15.7. The number of ether oxygens (including phenoxy) is 1. The molecule has 0 amide bonds. The van der Waals surface area contributed by atoms with E-state index in [9.17, 15) is 4.79 Å². The maximum atomic E-state index is 11.7. The Morgan fingerprint density at radius 1 is 1.60 bits per heavy atom. The number of nitrogens with zero attached hydrogens (tertiary/aromatic N) is 2. The Morgan fingerprint density at radius 2 is 2.47 bits per heavy atom. The maximum absolute atomic E-state index is 11.7. The van der Waals surface area contributed by atoms with E-state index in [1.54, 1.807) is 24.0 Å². The molecule has 1 fully saturated rings. The standard InChI is InChI=1S/C11H16N2O2/c1-9-6-12-8-13(11(9)14)7-10-4-2-3-5-15-10/h6,8,10H,2-5,7H2,1H3. The van der Waals surface area contributed by atoms with Gasteiger partial charge in [-0.05, 0) is 26.2 Å². The van der Waals surface area contributed by atoms with Crippen molar-refractivity contribution in [2.75, 3.05) is 6.61 Å². The van der Waals surface area contributed by atoms with Crippen molar-refractivity contribution in [1.29, 1.82) is 0 Å². The summed E-state index contributed by atoms with van der Waals surface area (Å²) >= 11 is 0. The van der Waals surface area contributed by atoms with E-state index in [0.717, 1.165) is 19.4 Å². The second-order valence-electron chi connectivity index (χ2n) is 4.02. The van der Waals surface area contributed by atoms with Crippen molar-refractivity contribution in [3.63, 3.8) is 0 Å². The third-order valence-electron chi connectivity index (χ3n) is 2.75. The van der Waals surface area contributed by atoms with Gasteiger partial charge in [0, 0.05) is 18.4 Å². The van der Waals surface area contributed by atoms with Gasteiger partial charge in [-0.1, -0.05) is 0 Å². The Morgan fingerprint density at radius 3 is 3.20 bits per heavy atom. The Kier molecular flexibility index (Phi) is 3.16. The van der Waals surface area contributed by atoms with Crippen molar-refractivity contribution in [3.8, 4) is 0 Å². The second-order valence-corrected chi connectivity index (χ2v) is 4.02. The zero-order valence-electron chi connectivity index (χ0n) is 8.98. The first-order chi connectivity index (χ1) is 7.27. The Labute approximate surface area is 88.9 Å². The zero-order chi connectivity index (χ0) is 10.7. The highest BCUT2D eigenvalue weighted by molar-refractivity contribution is 5.00. The van der Waals surface area contributed by atoms with Crippen molar-refractivity contribution in [3.05, 3.63) is 28.4 Å². The minimum absolute atomic E-state index is 0.0409. The summed E-state index contributed by atoms with van der Waals surface area (Å²) in [5.41, 5.74) is 0.729. The summed E-state index contributed by atoms with van der Waals surface area (Å²) < 4.78 is 7.23. The van der Waals surface area contributed by atoms with Crippen molar-refractivity contribution < 1.29 is 4.74 Å². The van der Waals surface area contributed by atoms with E-state index in [4.69, 9.17) is 4.74 Å². The van der Waals surface area contributed by atoms with Gasteiger partial charge in [-0.15, -0.1) is 0 Å². The van der Waals surface area contributed by atoms with Crippen LogP contribution in [0.4, 0.5) is 0 Å². The van der Waals surface area contributed by atoms with Crippen LogP contribution in [-0.2, 0) is 11.3 Å². The van der Waals surface area contributed by atoms with Gasteiger partial charge >= 0.3 is 0 Å². The highest BCUT2D eigenvalue weighted by Gasteiger charge is 2.15. The van der Waals surface area contributed by atoms with Gasteiger partial charge in [-0.25, -0.2) is 4.98 Å². The summed E-state index contributed by atoms with van der Waals surface area (Å²) in [5.74, 6) is 0. The monoisotopic (exact) mass is 208 g/mol. The van der Waals surface area contributed by atoms with E-state index >= 15 is 0 Å². The lowest BCUT2D eigenvalue weighted by molar-refractivity contribution is 0.00522. The molecule has 2 rings (SSSR count). The maximum Gasteiger partial charge on any atom is 0.256 e. The molecule has 1 aliphatic heterocycles. The fourth-order valence-electron chi connectivity index (χ4n) is 1.86. The lowest BCUT2D eigenvalue weighted by atomic mass is 10.1. The lowest BCUT2D eigenvalue weighted by Gasteiger charge is -2.23. The van der Waals surface area contributed by atoms with E-state index < -0.39 is 0 Å². The number of aryl methyl sites for hydroxylation is 1. The van der Waals surface area contributed by atoms with Crippen molar-refractivity contribution in [2.24, 2.45) is 0 Å². The molecule has 1 aromatic heterocycles. The smallest absolute Gasteiger partial charge is 0.256 e. The zero-order valence-corrected chi connectivity index (χ0v) is 8.98. The molecule has 0 saturated carbocycles. The molecule has 1 aliphatic rings. The molecule has 0 aliphatic carbocycles. The van der Waals surface area contributed by atoms with Gasteiger partial charge in [-0.3, -0.25) is 9.36 Å². The van der Waals surface area contributed by atoms with Crippen LogP contribution in [0, 0.1) is 6.92 Å². The van der Waals surface area contributed by atoms with Crippen molar-refractivity contribution >= 4 is 0 Å². The topological polar surface area (TPSA) is 44.1 Å². The number of hydrogen-bond donors (Lipinski definition) is 0. The van der Waals surface area contributed by atoms with Gasteiger partial charge in [0.05, 0.1) is 19.0 Å². The van der Waals surface area contributed by atoms with E-state index in [1.807, 2.05) is 0 Å². The molecular formula is C11H16N2O2. The van der Waals surface area contributed by atoms with Crippen LogP contribution in [-0.4, -0.2) is 22.3 Å². The van der Waals surface area contributed by atoms with E-state index in [-0.39, 0.29) is 11.7 Å². The Balaban J connectivity index is 2.09. The summed E-state index contributed by atoms with van der Waals surface area (Å²) in [7, 11) is 0. The summed E-state index contributed by atoms with van der Waals surface area (Å²) in [5, 5.41) is 0. The highest BCUT2D eigenvalue weighted by atomic mass is 16.5. The molecule has 0 aromatic carbocycles. The molecule has 1 aromatic rings. The van der Waals surface area contributed by atoms with Crippen LogP contribution < -0.4 is 5.56 Å². The van der Waals surface area contributed by atoms with Crippen LogP contribution in [0.5, 0.6) is 0 Å². The molecule has 4 nitrogen and oxygen atoms in total. The molecule has 2 heterocycles. The van der Waals surface area contributed by atoms with Crippen LogP contribution >= 0.6 is 0 Å². The van der Waals surface area contributed by atoms with Crippen LogP contribution in [0.1, 0.15) is 24.8 Å². The van der Waals surface area contributed by atoms with Crippen LogP contribution in [0.3, 0.4) is 0 Å². The van der Waals surface area contributed by atoms with Gasteiger partial charge in [0.25, 0.3) is 5.56 Å². The highest BCUT2D eigenvalue weighted by Crippen LogP contribution is 2.13. The minimum atomic E-state index is 0.0409. The average Bonchev–Trinajstić information content (AvgIpc) is 2.26. The average molecular weight is 208 g/mol. The molecule has 0 radical (unpaired) electrons. The predicted octanol–water partition coefficient (Wildman–Crippen LogP) is 1.12. The number of rotatable bonds is 2. The Bertz CT molecular complexity index is 380.